The number of amides is 1. The summed E-state index contributed by atoms with van der Waals surface area (Å²) in [6.45, 7) is 0.416. The summed E-state index contributed by atoms with van der Waals surface area (Å²) in [5.41, 5.74) is 1.34. The molecule has 0 aliphatic carbocycles. The first-order chi connectivity index (χ1) is 16.1. The van der Waals surface area contributed by atoms with Gasteiger partial charge in [0.15, 0.2) is 0 Å². The van der Waals surface area contributed by atoms with E-state index in [0.29, 0.717) is 12.3 Å². The number of ether oxygens (including phenoxy) is 1. The molecule has 7 nitrogen and oxygen atoms in total. The number of benzene rings is 3. The molecule has 168 valence electrons. The van der Waals surface area contributed by atoms with Gasteiger partial charge in [0.25, 0.3) is 0 Å². The molecule has 0 aromatic heterocycles. The Morgan fingerprint density at radius 1 is 0.909 bits per heavy atom. The average Bonchev–Trinajstić information content (AvgIpc) is 3.38. The van der Waals surface area contributed by atoms with Gasteiger partial charge in [0.1, 0.15) is 17.3 Å². The van der Waals surface area contributed by atoms with E-state index in [-0.39, 0.29) is 16.7 Å². The minimum Gasteiger partial charge on any atom is -0.497 e. The van der Waals surface area contributed by atoms with E-state index in [2.05, 4.69) is 10.6 Å². The Morgan fingerprint density at radius 2 is 1.52 bits per heavy atom. The number of carbonyl (C=O) groups excluding carboxylic acids is 1. The number of hydrogen-bond donors (Lipinski definition) is 2. The highest BCUT2D eigenvalue weighted by molar-refractivity contribution is 5.92. The summed E-state index contributed by atoms with van der Waals surface area (Å²) in [7, 11) is 1.58. The molecule has 7 heteroatoms. The smallest absolute Gasteiger partial charge is 0.241 e. The van der Waals surface area contributed by atoms with Crippen LogP contribution in [0.25, 0.3) is 0 Å². The average molecular weight is 444 g/mol. The third kappa shape index (κ3) is 3.36. The molecule has 1 amide bonds. The molecule has 2 fully saturated rings. The quantitative estimate of drug-likeness (QED) is 0.466. The van der Waals surface area contributed by atoms with Gasteiger partial charge < -0.3 is 10.1 Å². The highest BCUT2D eigenvalue weighted by atomic mass is 16.6. The van der Waals surface area contributed by atoms with E-state index < -0.39 is 23.5 Å². The summed E-state index contributed by atoms with van der Waals surface area (Å²) in [5, 5.41) is 19.1. The lowest BCUT2D eigenvalue weighted by Gasteiger charge is -2.34. The predicted molar refractivity (Wildman–Crippen MR) is 124 cm³/mol. The number of nitrogens with one attached hydrogen (secondary N) is 2. The molecule has 0 radical (unpaired) electrons. The number of nitro groups is 1. The fourth-order valence-corrected chi connectivity index (χ4v) is 5.60. The van der Waals surface area contributed by atoms with E-state index in [0.717, 1.165) is 16.7 Å². The Morgan fingerprint density at radius 3 is 2.09 bits per heavy atom. The Bertz CT molecular complexity index is 1150. The molecule has 2 heterocycles. The first kappa shape index (κ1) is 21.2. The molecule has 5 rings (SSSR count). The number of methoxy groups -OCH3 is 1. The van der Waals surface area contributed by atoms with Crippen molar-refractivity contribution in [3.63, 3.8) is 0 Å². The van der Waals surface area contributed by atoms with Crippen molar-refractivity contribution in [2.24, 2.45) is 0 Å². The standard InChI is InChI=1S/C26H25N3O4/c1-33-20-14-12-19(13-15-20)23-24(29(31)32)22(18-10-6-3-7-11-18)26(28-23)21(16-27-25(26)30)17-8-4-2-5-9-17/h2-15,21-24,28H,16H2,1H3,(H,27,30)/t21-,22-,23-,24-,26-/m0/s1. The monoisotopic (exact) mass is 443 g/mol. The Kier molecular flexibility index (Phi) is 5.34. The van der Waals surface area contributed by atoms with Gasteiger partial charge in [-0.1, -0.05) is 72.8 Å². The zero-order valence-corrected chi connectivity index (χ0v) is 18.2. The van der Waals surface area contributed by atoms with Crippen LogP contribution in [0.5, 0.6) is 5.75 Å². The molecule has 0 bridgehead atoms. The Balaban J connectivity index is 1.71. The normalized spacial score (nSPS) is 28.6. The molecule has 5 atom stereocenters. The lowest BCUT2D eigenvalue weighted by Crippen LogP contribution is -2.54. The Labute approximate surface area is 191 Å². The summed E-state index contributed by atoms with van der Waals surface area (Å²) < 4.78 is 5.26. The molecule has 2 aliphatic heterocycles. The Hall–Kier alpha value is -3.71. The third-order valence-electron chi connectivity index (χ3n) is 7.04. The van der Waals surface area contributed by atoms with Crippen LogP contribution in [0.4, 0.5) is 0 Å². The molecule has 2 aliphatic rings. The van der Waals surface area contributed by atoms with Crippen LogP contribution in [0, 0.1) is 10.1 Å². The van der Waals surface area contributed by atoms with Crippen molar-refractivity contribution in [3.05, 3.63) is 112 Å². The van der Waals surface area contributed by atoms with Crippen LogP contribution in [0.15, 0.2) is 84.9 Å². The number of nitrogens with zero attached hydrogens (tertiary/aromatic N) is 1. The van der Waals surface area contributed by atoms with Crippen LogP contribution in [-0.4, -0.2) is 36.1 Å². The van der Waals surface area contributed by atoms with Crippen LogP contribution >= 0.6 is 0 Å². The van der Waals surface area contributed by atoms with Crippen molar-refractivity contribution in [3.8, 4) is 5.75 Å². The minimum atomic E-state index is -1.16. The summed E-state index contributed by atoms with van der Waals surface area (Å²) in [6.07, 6.45) is 0. The highest BCUT2D eigenvalue weighted by Crippen LogP contribution is 2.53. The van der Waals surface area contributed by atoms with E-state index in [4.69, 9.17) is 4.74 Å². The fraction of sp³-hybridized carbons (Fsp3) is 0.269. The van der Waals surface area contributed by atoms with Crippen LogP contribution in [-0.2, 0) is 4.79 Å². The molecule has 1 spiro atoms. The van der Waals surface area contributed by atoms with Crippen LogP contribution in [0.3, 0.4) is 0 Å². The summed E-state index contributed by atoms with van der Waals surface area (Å²) in [6, 6.07) is 24.7. The molecular weight excluding hydrogens is 418 g/mol. The summed E-state index contributed by atoms with van der Waals surface area (Å²) in [5.74, 6) is -0.451. The maximum atomic E-state index is 13.6. The van der Waals surface area contributed by atoms with Gasteiger partial charge in [-0.15, -0.1) is 0 Å². The van der Waals surface area contributed by atoms with Crippen LogP contribution < -0.4 is 15.4 Å². The number of rotatable bonds is 5. The van der Waals surface area contributed by atoms with Gasteiger partial charge in [-0.05, 0) is 28.8 Å². The molecule has 3 aromatic rings. The minimum absolute atomic E-state index is 0.201. The van der Waals surface area contributed by atoms with E-state index in [1.165, 1.54) is 0 Å². The van der Waals surface area contributed by atoms with Crippen molar-refractivity contribution in [2.45, 2.75) is 29.5 Å². The number of carbonyl (C=O) groups is 1. The largest absolute Gasteiger partial charge is 0.497 e. The van der Waals surface area contributed by atoms with Gasteiger partial charge in [0.2, 0.25) is 11.9 Å². The van der Waals surface area contributed by atoms with Gasteiger partial charge in [0.05, 0.1) is 13.0 Å². The first-order valence-electron chi connectivity index (χ1n) is 11.0. The van der Waals surface area contributed by atoms with Gasteiger partial charge >= 0.3 is 0 Å². The molecule has 0 unspecified atom stereocenters. The molecule has 2 N–H and O–H groups in total. The summed E-state index contributed by atoms with van der Waals surface area (Å²) in [4.78, 5) is 26.0. The zero-order chi connectivity index (χ0) is 23.0. The van der Waals surface area contributed by atoms with Crippen LogP contribution in [0.2, 0.25) is 0 Å². The summed E-state index contributed by atoms with van der Waals surface area (Å²) >= 11 is 0. The van der Waals surface area contributed by atoms with E-state index in [1.54, 1.807) is 19.2 Å². The molecular formula is C26H25N3O4. The fourth-order valence-electron chi connectivity index (χ4n) is 5.60. The van der Waals surface area contributed by atoms with Crippen molar-refractivity contribution >= 4 is 5.91 Å². The SMILES string of the molecule is COc1ccc([C@@H]2N[C@]3(C(=O)NC[C@H]3c3ccccc3)[C@@H](c3ccccc3)[C@@H]2[N+](=O)[O-])cc1. The first-order valence-corrected chi connectivity index (χ1v) is 11.0. The van der Waals surface area contributed by atoms with Gasteiger partial charge in [-0.2, -0.15) is 0 Å². The molecule has 2 saturated heterocycles. The maximum Gasteiger partial charge on any atom is 0.241 e. The second-order valence-electron chi connectivity index (χ2n) is 8.60. The van der Waals surface area contributed by atoms with E-state index in [1.807, 2.05) is 72.8 Å². The lowest BCUT2D eigenvalue weighted by atomic mass is 9.69. The van der Waals surface area contributed by atoms with Gasteiger partial charge in [-0.3, -0.25) is 20.2 Å². The van der Waals surface area contributed by atoms with E-state index >= 15 is 0 Å². The second-order valence-corrected chi connectivity index (χ2v) is 8.60. The molecule has 3 aromatic carbocycles. The molecule has 33 heavy (non-hydrogen) atoms. The lowest BCUT2D eigenvalue weighted by molar-refractivity contribution is -0.527. The van der Waals surface area contributed by atoms with E-state index in [9.17, 15) is 14.9 Å². The molecule has 0 saturated carbocycles. The highest BCUT2D eigenvalue weighted by Gasteiger charge is 2.68. The van der Waals surface area contributed by atoms with Gasteiger partial charge in [0, 0.05) is 17.4 Å². The second kappa shape index (κ2) is 8.33. The number of hydrogen-bond acceptors (Lipinski definition) is 5. The van der Waals surface area contributed by atoms with Crippen molar-refractivity contribution < 1.29 is 14.5 Å². The van der Waals surface area contributed by atoms with Crippen molar-refractivity contribution in [1.82, 2.24) is 10.6 Å². The van der Waals surface area contributed by atoms with Crippen molar-refractivity contribution in [2.75, 3.05) is 13.7 Å². The predicted octanol–water partition coefficient (Wildman–Crippen LogP) is 3.42. The zero-order valence-electron chi connectivity index (χ0n) is 18.2. The van der Waals surface area contributed by atoms with Crippen molar-refractivity contribution in [1.29, 1.82) is 0 Å². The third-order valence-corrected chi connectivity index (χ3v) is 7.04. The maximum absolute atomic E-state index is 13.6. The topological polar surface area (TPSA) is 93.5 Å². The van der Waals surface area contributed by atoms with Crippen LogP contribution in [0.1, 0.15) is 34.6 Å². The van der Waals surface area contributed by atoms with Gasteiger partial charge in [-0.25, -0.2) is 0 Å².